The number of aliphatic hydroxyl groups is 1. The van der Waals surface area contributed by atoms with Crippen molar-refractivity contribution in [3.63, 3.8) is 0 Å². The van der Waals surface area contributed by atoms with Crippen LogP contribution in [0.3, 0.4) is 0 Å². The van der Waals surface area contributed by atoms with E-state index >= 15 is 0 Å². The second kappa shape index (κ2) is 40.7. The quantitative estimate of drug-likeness (QED) is 0.0330. The Bertz CT molecular complexity index is 4050. The maximum absolute atomic E-state index is 14.9. The summed E-state index contributed by atoms with van der Waals surface area (Å²) in [6.45, 7) is 28.7. The second-order valence-electron chi connectivity index (χ2n) is 33.4. The number of carbonyl (C=O) groups excluding carboxylic acids is 9. The third-order valence-corrected chi connectivity index (χ3v) is 24.7. The molecule has 5 aliphatic heterocycles. The standard InChI is InChI=1S/C45H69N5O11.C42H59N3O11/c1-13-34-45(14-2)39(50(43(55)61-45)20-16-15-19-49-24-32(47-25-49)31-17-18-35(56-11)46-23-31)28(5)36(51)26(3)22-44(8,57-12)40(29(6)37(52)30(7)41(54)59-34)60-42-38(53)33(48(9)10)21-27(4)58-42;1-12-32-42(13-2,56-40(50)45-20-19-43-24-45)23-26(4)33(46)25(3)22-41(8,51-11)36(28(6)34(47)29(7)37(48)53-32)55-39-35(31(44(9)10)21-27(5)52-39)54-38(49)30-17-15-14-16-18-30/h17-18,23-30,33-34,38-40,42,53H,13-16,19-22H2,1-12H3;14-20,23-25,27-29,31-32,35-36,39H,12-13,21-22H2,1-11H3/b;26-23+/t26-,27-,28+,29+,30-,33+,34-,38-,39-,40-,42?,44+,45-;25-,27-,28+,29-,31+,32-,35-,36-,39?,41+,42+/m11/s1. The van der Waals surface area contributed by atoms with Gasteiger partial charge >= 0.3 is 30.1 Å². The molecule has 30 heteroatoms. The van der Waals surface area contributed by atoms with Crippen molar-refractivity contribution in [2.24, 2.45) is 41.4 Å². The fourth-order valence-electron chi connectivity index (χ4n) is 17.8. The Morgan fingerprint density at radius 2 is 1.22 bits per heavy atom. The number of pyridine rings is 1. The number of fused-ring (bicyclic) bond motifs is 1. The van der Waals surface area contributed by atoms with E-state index in [1.165, 1.54) is 46.8 Å². The molecule has 8 heterocycles. The van der Waals surface area contributed by atoms with Gasteiger partial charge in [0.15, 0.2) is 47.2 Å². The van der Waals surface area contributed by atoms with E-state index in [1.807, 2.05) is 96.4 Å². The number of nitrogens with zero attached hydrogens (tertiary/aromatic N) is 8. The van der Waals surface area contributed by atoms with Gasteiger partial charge in [-0.1, -0.05) is 80.5 Å². The lowest BCUT2D eigenvalue weighted by Crippen LogP contribution is -2.61. The number of ketones is 4. The SMILES string of the molecule is CC[C@H]1OC(=O)[C@H](C)C(=O)[C@H](C)[C@@H](OC2O[C@H](C)C[C@H](N(C)C)[C@H]2O)[C@@](C)(OC)C[C@@H](C)C(=O)[C@H](C)[C@H]2N(CCCCn3cnc(-c4ccc(OC)nc4)c3)C(=O)O[C@]12CC.CC[C@H]1OC(=O)[C@H](C)C(=O)[C@H](C)[C@@H](OC2O[C@H](C)C[C@H](N(C)C)[C@H]2OC(=O)c2ccccc2)[C@@](C)(OC)C[C@@H](C)C(=O)/C(C)=C/[C@]1(CC)OC(=O)n1ccnc1. The van der Waals surface area contributed by atoms with Gasteiger partial charge in [0.1, 0.15) is 42.3 Å². The molecule has 1 amide bonds. The summed E-state index contributed by atoms with van der Waals surface area (Å²) in [5.74, 6) is -9.65. The van der Waals surface area contributed by atoms with E-state index in [-0.39, 0.29) is 80.0 Å². The Balaban J connectivity index is 0.000000293. The number of rotatable bonds is 22. The van der Waals surface area contributed by atoms with Gasteiger partial charge in [-0.05, 0) is 171 Å². The van der Waals surface area contributed by atoms with Crippen molar-refractivity contribution in [2.75, 3.05) is 56.1 Å². The molecular weight excluding hydrogens is 1510 g/mol. The molecule has 648 valence electrons. The number of benzene rings is 1. The lowest BCUT2D eigenvalue weighted by molar-refractivity contribution is -0.295. The Kier molecular flexibility index (Phi) is 32.8. The molecule has 4 aromatic rings. The van der Waals surface area contributed by atoms with E-state index in [9.17, 15) is 48.3 Å². The summed E-state index contributed by atoms with van der Waals surface area (Å²) in [4.78, 5) is 145. The van der Waals surface area contributed by atoms with Crippen LogP contribution in [0.4, 0.5) is 9.59 Å². The normalized spacial score (nSPS) is 35.0. The summed E-state index contributed by atoms with van der Waals surface area (Å²) in [6.07, 6.45) is 4.12. The van der Waals surface area contributed by atoms with Crippen LogP contribution in [0.15, 0.2) is 91.6 Å². The summed E-state index contributed by atoms with van der Waals surface area (Å²) < 4.78 is 77.5. The number of ether oxygens (including phenoxy) is 12. The molecule has 2 unspecified atom stereocenters. The molecule has 9 rings (SSSR count). The molecule has 0 saturated carbocycles. The van der Waals surface area contributed by atoms with Gasteiger partial charge in [-0.15, -0.1) is 0 Å². The highest BCUT2D eigenvalue weighted by atomic mass is 16.7. The van der Waals surface area contributed by atoms with Crippen molar-refractivity contribution >= 4 is 53.2 Å². The van der Waals surface area contributed by atoms with E-state index in [2.05, 4.69) is 15.0 Å². The molecular formula is C87H128N8O22. The van der Waals surface area contributed by atoms with E-state index < -0.39 is 161 Å². The Morgan fingerprint density at radius 3 is 1.75 bits per heavy atom. The van der Waals surface area contributed by atoms with Crippen LogP contribution in [0.25, 0.3) is 11.3 Å². The fourth-order valence-corrected chi connectivity index (χ4v) is 17.8. The third kappa shape index (κ3) is 21.3. The zero-order chi connectivity index (χ0) is 86.5. The molecule has 1 aromatic carbocycles. The fraction of sp³-hybridized carbons (Fsp3) is 0.678. The van der Waals surface area contributed by atoms with E-state index in [4.69, 9.17) is 56.8 Å². The molecule has 0 aliphatic carbocycles. The number of imidazole rings is 2. The van der Waals surface area contributed by atoms with Crippen molar-refractivity contribution in [2.45, 2.75) is 283 Å². The van der Waals surface area contributed by atoms with Crippen LogP contribution in [-0.4, -0.2) is 255 Å². The van der Waals surface area contributed by atoms with Crippen molar-refractivity contribution < 1.29 is 105 Å². The highest BCUT2D eigenvalue weighted by molar-refractivity contribution is 6.01. The molecule has 24 atom stereocenters. The number of aliphatic hydroxyl groups excluding tert-OH is 1. The number of aryl methyl sites for hydroxylation is 1. The first kappa shape index (κ1) is 94.3. The highest BCUT2D eigenvalue weighted by Crippen LogP contribution is 2.46. The van der Waals surface area contributed by atoms with Gasteiger partial charge in [0.05, 0.1) is 72.4 Å². The van der Waals surface area contributed by atoms with Crippen molar-refractivity contribution in [3.8, 4) is 17.1 Å². The van der Waals surface area contributed by atoms with E-state index in [0.29, 0.717) is 50.2 Å². The summed E-state index contributed by atoms with van der Waals surface area (Å²) in [7, 11) is 12.0. The molecule has 0 bridgehead atoms. The first-order chi connectivity index (χ1) is 55.3. The number of esters is 3. The highest BCUT2D eigenvalue weighted by Gasteiger charge is 2.62. The predicted octanol–water partition coefficient (Wildman–Crippen LogP) is 11.1. The average molecular weight is 1640 g/mol. The first-order valence-corrected chi connectivity index (χ1v) is 41.2. The number of Topliss-reactive ketones (excluding diaryl/α,β-unsaturated/α-hetero) is 4. The average Bonchev–Trinajstić information content (AvgIpc) is 1.60. The number of unbranched alkanes of at least 4 members (excludes halogenated alkanes) is 1. The van der Waals surface area contributed by atoms with Gasteiger partial charge in [0.2, 0.25) is 5.88 Å². The number of likely N-dealkylation sites (N-methyl/N-ethyl adjacent to an activating group) is 2. The van der Waals surface area contributed by atoms with Crippen LogP contribution in [-0.2, 0) is 87.4 Å². The number of methoxy groups -OCH3 is 3. The largest absolute Gasteiger partial charge is 0.481 e. The maximum atomic E-state index is 14.9. The third-order valence-electron chi connectivity index (χ3n) is 24.7. The summed E-state index contributed by atoms with van der Waals surface area (Å²) in [5, 5.41) is 11.5. The molecule has 5 aliphatic rings. The number of allylic oxidation sites excluding steroid dienone is 1. The molecule has 0 spiro atoms. The minimum Gasteiger partial charge on any atom is -0.481 e. The number of hydrogen-bond acceptors (Lipinski definition) is 27. The topological polar surface area (TPSA) is 343 Å². The number of carbonyl (C=O) groups is 9. The first-order valence-electron chi connectivity index (χ1n) is 41.2. The molecule has 3 aromatic heterocycles. The molecule has 0 radical (unpaired) electrons. The van der Waals surface area contributed by atoms with Crippen LogP contribution < -0.4 is 4.74 Å². The number of aromatic nitrogens is 5. The monoisotopic (exact) mass is 1640 g/mol. The van der Waals surface area contributed by atoms with Crippen molar-refractivity contribution in [3.05, 3.63) is 97.1 Å². The molecule has 4 saturated heterocycles. The predicted molar refractivity (Wildman–Crippen MR) is 431 cm³/mol. The van der Waals surface area contributed by atoms with Gasteiger partial charge in [-0.3, -0.25) is 28.8 Å². The van der Waals surface area contributed by atoms with Gasteiger partial charge in [0, 0.05) is 99.4 Å². The minimum atomic E-state index is -1.57. The number of cyclic esters (lactones) is 2. The zero-order valence-corrected chi connectivity index (χ0v) is 72.7. The molecule has 4 fully saturated rings. The second-order valence-corrected chi connectivity index (χ2v) is 33.4. The number of amides is 1. The number of hydrogen-bond donors (Lipinski definition) is 1. The molecule has 117 heavy (non-hydrogen) atoms. The summed E-state index contributed by atoms with van der Waals surface area (Å²) in [6, 6.07) is 10.9. The van der Waals surface area contributed by atoms with E-state index in [1.54, 1.807) is 122 Å². The summed E-state index contributed by atoms with van der Waals surface area (Å²) in [5.41, 5.74) is -3.28. The van der Waals surface area contributed by atoms with Crippen LogP contribution in [0.5, 0.6) is 5.88 Å². The Hall–Kier alpha value is -8.20. The minimum absolute atomic E-state index is 0.0770. The van der Waals surface area contributed by atoms with Crippen LogP contribution in [0, 0.1) is 41.4 Å². The van der Waals surface area contributed by atoms with Crippen LogP contribution >= 0.6 is 0 Å². The van der Waals surface area contributed by atoms with Crippen LogP contribution in [0.1, 0.15) is 185 Å². The van der Waals surface area contributed by atoms with Gasteiger partial charge in [-0.25, -0.2) is 33.9 Å². The van der Waals surface area contributed by atoms with Gasteiger partial charge in [-0.2, -0.15) is 0 Å². The Morgan fingerprint density at radius 1 is 0.658 bits per heavy atom. The zero-order valence-electron chi connectivity index (χ0n) is 72.7. The lowest BCUT2D eigenvalue weighted by Gasteiger charge is -2.47. The molecule has 1 N–H and O–H groups in total. The van der Waals surface area contributed by atoms with Gasteiger partial charge in [0.25, 0.3) is 0 Å². The molecule has 30 nitrogen and oxygen atoms in total. The maximum Gasteiger partial charge on any atom is 0.420 e. The lowest BCUT2D eigenvalue weighted by atomic mass is 9.72. The van der Waals surface area contributed by atoms with Crippen molar-refractivity contribution in [1.29, 1.82) is 0 Å². The van der Waals surface area contributed by atoms with Crippen molar-refractivity contribution in [1.82, 2.24) is 38.8 Å². The van der Waals surface area contributed by atoms with Crippen LogP contribution in [0.2, 0.25) is 0 Å². The summed E-state index contributed by atoms with van der Waals surface area (Å²) >= 11 is 0. The Labute approximate surface area is 689 Å². The van der Waals surface area contributed by atoms with Gasteiger partial charge < -0.3 is 81.2 Å². The van der Waals surface area contributed by atoms with E-state index in [0.717, 1.165) is 15.8 Å². The smallest absolute Gasteiger partial charge is 0.420 e.